The summed E-state index contributed by atoms with van der Waals surface area (Å²) >= 11 is 0. The molecule has 0 amide bonds. The zero-order valence-electron chi connectivity index (χ0n) is 9.32. The van der Waals surface area contributed by atoms with Gasteiger partial charge in [-0.15, -0.1) is 0 Å². The third-order valence-electron chi connectivity index (χ3n) is 2.43. The number of aromatic nitrogens is 1. The van der Waals surface area contributed by atoms with Gasteiger partial charge in [-0.3, -0.25) is 0 Å². The maximum absolute atomic E-state index is 13.0. The van der Waals surface area contributed by atoms with Gasteiger partial charge >= 0.3 is 0 Å². The number of nitrogens with one attached hydrogen (secondary N) is 1. The van der Waals surface area contributed by atoms with Crippen LogP contribution in [0.1, 0.15) is 18.5 Å². The molecule has 0 spiro atoms. The second-order valence-corrected chi connectivity index (χ2v) is 3.77. The molecule has 4 heteroatoms. The molecular formula is C13H12F2N2. The lowest BCUT2D eigenvalue weighted by molar-refractivity contribution is 0.584. The lowest BCUT2D eigenvalue weighted by Crippen LogP contribution is -2.08. The summed E-state index contributed by atoms with van der Waals surface area (Å²) in [4.78, 5) is 3.69. The SMILES string of the molecule is CC(Nc1cccc(F)n1)c1cccc(F)c1. The van der Waals surface area contributed by atoms with E-state index in [1.807, 2.05) is 6.92 Å². The maximum atomic E-state index is 13.0. The average Bonchev–Trinajstić information content (AvgIpc) is 2.29. The Hall–Kier alpha value is -1.97. The molecule has 0 radical (unpaired) electrons. The minimum Gasteiger partial charge on any atom is -0.363 e. The molecule has 0 aliphatic carbocycles. The van der Waals surface area contributed by atoms with E-state index < -0.39 is 5.95 Å². The standard InChI is InChI=1S/C13H12F2N2/c1-9(10-4-2-5-11(14)8-10)16-13-7-3-6-12(15)17-13/h2-9H,1H3,(H,16,17). The molecule has 2 nitrogen and oxygen atoms in total. The molecular weight excluding hydrogens is 222 g/mol. The van der Waals surface area contributed by atoms with E-state index in [1.54, 1.807) is 24.3 Å². The summed E-state index contributed by atoms with van der Waals surface area (Å²) in [6.45, 7) is 1.86. The molecule has 1 atom stereocenters. The summed E-state index contributed by atoms with van der Waals surface area (Å²) < 4.78 is 25.9. The van der Waals surface area contributed by atoms with Crippen LogP contribution in [-0.4, -0.2) is 4.98 Å². The summed E-state index contributed by atoms with van der Waals surface area (Å²) in [5, 5.41) is 3.01. The number of hydrogen-bond acceptors (Lipinski definition) is 2. The Labute approximate surface area is 98.3 Å². The molecule has 0 saturated heterocycles. The number of nitrogens with zero attached hydrogens (tertiary/aromatic N) is 1. The van der Waals surface area contributed by atoms with Crippen LogP contribution in [0.5, 0.6) is 0 Å². The van der Waals surface area contributed by atoms with Gasteiger partial charge in [-0.05, 0) is 36.8 Å². The van der Waals surface area contributed by atoms with Gasteiger partial charge in [0.05, 0.1) is 6.04 Å². The van der Waals surface area contributed by atoms with E-state index in [2.05, 4.69) is 10.3 Å². The van der Waals surface area contributed by atoms with Gasteiger partial charge in [-0.1, -0.05) is 18.2 Å². The lowest BCUT2D eigenvalue weighted by Gasteiger charge is -2.14. The molecule has 2 rings (SSSR count). The van der Waals surface area contributed by atoms with Crippen molar-refractivity contribution in [1.82, 2.24) is 4.98 Å². The topological polar surface area (TPSA) is 24.9 Å². The van der Waals surface area contributed by atoms with E-state index in [4.69, 9.17) is 0 Å². The molecule has 2 aromatic rings. The summed E-state index contributed by atoms with van der Waals surface area (Å²) in [6, 6.07) is 10.6. The zero-order chi connectivity index (χ0) is 12.3. The van der Waals surface area contributed by atoms with E-state index in [9.17, 15) is 8.78 Å². The van der Waals surface area contributed by atoms with Crippen LogP contribution in [0.3, 0.4) is 0 Å². The first-order valence-electron chi connectivity index (χ1n) is 5.30. The summed E-state index contributed by atoms with van der Waals surface area (Å²) in [5.74, 6) is -0.397. The van der Waals surface area contributed by atoms with Crippen LogP contribution in [0.15, 0.2) is 42.5 Å². The monoisotopic (exact) mass is 234 g/mol. The molecule has 0 aliphatic rings. The van der Waals surface area contributed by atoms with Gasteiger partial charge in [0.15, 0.2) is 0 Å². The van der Waals surface area contributed by atoms with Crippen LogP contribution in [0, 0.1) is 11.8 Å². The molecule has 0 fully saturated rings. The molecule has 0 bridgehead atoms. The van der Waals surface area contributed by atoms with Crippen molar-refractivity contribution in [3.05, 3.63) is 59.8 Å². The lowest BCUT2D eigenvalue weighted by atomic mass is 10.1. The van der Waals surface area contributed by atoms with Crippen LogP contribution in [0.2, 0.25) is 0 Å². The molecule has 1 unspecified atom stereocenters. The third-order valence-corrected chi connectivity index (χ3v) is 2.43. The van der Waals surface area contributed by atoms with Crippen LogP contribution in [-0.2, 0) is 0 Å². The van der Waals surface area contributed by atoms with Crippen molar-refractivity contribution in [2.24, 2.45) is 0 Å². The van der Waals surface area contributed by atoms with Gasteiger partial charge in [0.2, 0.25) is 5.95 Å². The van der Waals surface area contributed by atoms with Crippen molar-refractivity contribution in [1.29, 1.82) is 0 Å². The third kappa shape index (κ3) is 3.00. The van der Waals surface area contributed by atoms with Crippen molar-refractivity contribution >= 4 is 5.82 Å². The maximum Gasteiger partial charge on any atom is 0.214 e. The van der Waals surface area contributed by atoms with E-state index in [-0.39, 0.29) is 11.9 Å². The Morgan fingerprint density at radius 2 is 1.88 bits per heavy atom. The van der Waals surface area contributed by atoms with E-state index in [0.29, 0.717) is 5.82 Å². The molecule has 0 saturated carbocycles. The van der Waals surface area contributed by atoms with Gasteiger partial charge in [-0.2, -0.15) is 4.39 Å². The molecule has 1 aromatic carbocycles. The number of hydrogen-bond donors (Lipinski definition) is 1. The normalized spacial score (nSPS) is 12.2. The minimum absolute atomic E-state index is 0.139. The number of anilines is 1. The predicted molar refractivity (Wildman–Crippen MR) is 62.6 cm³/mol. The molecule has 1 N–H and O–H groups in total. The summed E-state index contributed by atoms with van der Waals surface area (Å²) in [7, 11) is 0. The largest absolute Gasteiger partial charge is 0.363 e. The highest BCUT2D eigenvalue weighted by Crippen LogP contribution is 2.18. The molecule has 1 aromatic heterocycles. The Kier molecular flexibility index (Phi) is 3.32. The molecule has 17 heavy (non-hydrogen) atoms. The fourth-order valence-electron chi connectivity index (χ4n) is 1.57. The highest BCUT2D eigenvalue weighted by Gasteiger charge is 2.07. The predicted octanol–water partition coefficient (Wildman–Crippen LogP) is 3.53. The smallest absolute Gasteiger partial charge is 0.214 e. The van der Waals surface area contributed by atoms with Crippen LogP contribution in [0.25, 0.3) is 0 Å². The van der Waals surface area contributed by atoms with Crippen LogP contribution >= 0.6 is 0 Å². The van der Waals surface area contributed by atoms with Crippen LogP contribution < -0.4 is 5.32 Å². The number of benzene rings is 1. The first-order chi connectivity index (χ1) is 8.15. The minimum atomic E-state index is -0.540. The Bertz CT molecular complexity index is 514. The highest BCUT2D eigenvalue weighted by atomic mass is 19.1. The number of halogens is 2. The van der Waals surface area contributed by atoms with Gasteiger partial charge < -0.3 is 5.32 Å². The fraction of sp³-hybridized carbons (Fsp3) is 0.154. The van der Waals surface area contributed by atoms with Crippen molar-refractivity contribution in [3.63, 3.8) is 0 Å². The summed E-state index contributed by atoms with van der Waals surface area (Å²) in [5.41, 5.74) is 0.788. The number of pyridine rings is 1. The van der Waals surface area contributed by atoms with Gasteiger partial charge in [-0.25, -0.2) is 9.37 Å². The number of rotatable bonds is 3. The van der Waals surface area contributed by atoms with Gasteiger partial charge in [0.1, 0.15) is 11.6 Å². The second kappa shape index (κ2) is 4.91. The van der Waals surface area contributed by atoms with Crippen molar-refractivity contribution in [2.75, 3.05) is 5.32 Å². The molecule has 1 heterocycles. The van der Waals surface area contributed by atoms with E-state index >= 15 is 0 Å². The van der Waals surface area contributed by atoms with Crippen LogP contribution in [0.4, 0.5) is 14.6 Å². The fourth-order valence-corrected chi connectivity index (χ4v) is 1.57. The molecule has 0 aliphatic heterocycles. The quantitative estimate of drug-likeness (QED) is 0.822. The van der Waals surface area contributed by atoms with E-state index in [0.717, 1.165) is 5.56 Å². The van der Waals surface area contributed by atoms with Crippen molar-refractivity contribution in [3.8, 4) is 0 Å². The zero-order valence-corrected chi connectivity index (χ0v) is 9.32. The van der Waals surface area contributed by atoms with Gasteiger partial charge in [0.25, 0.3) is 0 Å². The van der Waals surface area contributed by atoms with Gasteiger partial charge in [0, 0.05) is 0 Å². The highest BCUT2D eigenvalue weighted by molar-refractivity contribution is 5.37. The second-order valence-electron chi connectivity index (χ2n) is 3.77. The first-order valence-corrected chi connectivity index (χ1v) is 5.30. The summed E-state index contributed by atoms with van der Waals surface area (Å²) in [6.07, 6.45) is 0. The van der Waals surface area contributed by atoms with Crippen molar-refractivity contribution in [2.45, 2.75) is 13.0 Å². The van der Waals surface area contributed by atoms with Crippen molar-refractivity contribution < 1.29 is 8.78 Å². The Morgan fingerprint density at radius 1 is 1.12 bits per heavy atom. The average molecular weight is 234 g/mol. The van der Waals surface area contributed by atoms with E-state index in [1.165, 1.54) is 18.2 Å². The Balaban J connectivity index is 2.14. The first kappa shape index (κ1) is 11.5. The molecule has 88 valence electrons. The Morgan fingerprint density at radius 3 is 2.59 bits per heavy atom.